The fraction of sp³-hybridized carbons (Fsp3) is 0.562. The molecule has 0 aromatic heterocycles. The summed E-state index contributed by atoms with van der Waals surface area (Å²) in [5.74, 6) is 0.751. The Bertz CT molecular complexity index is 404. The number of piperidine rings is 1. The van der Waals surface area contributed by atoms with Gasteiger partial charge in [-0.05, 0) is 44.8 Å². The quantitative estimate of drug-likeness (QED) is 0.845. The lowest BCUT2D eigenvalue weighted by atomic mass is 10.1. The number of carbonyl (C=O) groups excluding carboxylic acids is 1. The van der Waals surface area contributed by atoms with Gasteiger partial charge in [-0.3, -0.25) is 4.79 Å². The van der Waals surface area contributed by atoms with Crippen LogP contribution in [0.5, 0.6) is 0 Å². The molecule has 1 saturated heterocycles. The second-order valence-electron chi connectivity index (χ2n) is 5.42. The molecule has 1 aliphatic heterocycles. The predicted molar refractivity (Wildman–Crippen MR) is 86.1 cm³/mol. The molecule has 0 aliphatic carbocycles. The van der Waals surface area contributed by atoms with Crippen LogP contribution in [0.3, 0.4) is 0 Å². The van der Waals surface area contributed by atoms with Crippen molar-refractivity contribution in [3.63, 3.8) is 0 Å². The zero-order valence-electron chi connectivity index (χ0n) is 12.1. The van der Waals surface area contributed by atoms with Crippen LogP contribution in [0.4, 0.5) is 0 Å². The molecule has 1 amide bonds. The van der Waals surface area contributed by atoms with E-state index in [-0.39, 0.29) is 11.9 Å². The summed E-state index contributed by atoms with van der Waals surface area (Å²) in [4.78, 5) is 11.9. The monoisotopic (exact) mass is 292 g/mol. The maximum absolute atomic E-state index is 11.9. The maximum Gasteiger partial charge on any atom is 0.230 e. The number of benzene rings is 1. The van der Waals surface area contributed by atoms with Gasteiger partial charge in [0.2, 0.25) is 5.91 Å². The van der Waals surface area contributed by atoms with Crippen LogP contribution in [-0.2, 0) is 11.2 Å². The number of rotatable bonds is 6. The molecule has 2 N–H and O–H groups in total. The van der Waals surface area contributed by atoms with Crippen molar-refractivity contribution in [3.8, 4) is 0 Å². The minimum absolute atomic E-state index is 0.164. The van der Waals surface area contributed by atoms with E-state index in [4.69, 9.17) is 0 Å². The standard InChI is InChI=1S/C16H24N2OS/c1-13(11-14-5-3-2-4-6-14)18-16(19)12-20-15-7-9-17-10-8-15/h2-6,13,15,17H,7-12H2,1H3,(H,18,19). The second-order valence-corrected chi connectivity index (χ2v) is 6.71. The first kappa shape index (κ1) is 15.4. The number of amides is 1. The van der Waals surface area contributed by atoms with Gasteiger partial charge in [0.15, 0.2) is 0 Å². The molecule has 0 spiro atoms. The van der Waals surface area contributed by atoms with Crippen molar-refractivity contribution in [2.24, 2.45) is 0 Å². The van der Waals surface area contributed by atoms with Gasteiger partial charge in [0.05, 0.1) is 5.75 Å². The van der Waals surface area contributed by atoms with Crippen LogP contribution in [0.25, 0.3) is 0 Å². The van der Waals surface area contributed by atoms with E-state index in [0.717, 1.165) is 19.5 Å². The summed E-state index contributed by atoms with van der Waals surface area (Å²) in [7, 11) is 0. The van der Waals surface area contributed by atoms with Crippen molar-refractivity contribution in [1.82, 2.24) is 10.6 Å². The summed E-state index contributed by atoms with van der Waals surface area (Å²) in [5.41, 5.74) is 1.27. The SMILES string of the molecule is CC(Cc1ccccc1)NC(=O)CSC1CCNCC1. The molecule has 0 radical (unpaired) electrons. The molecule has 1 aliphatic rings. The zero-order valence-corrected chi connectivity index (χ0v) is 12.9. The van der Waals surface area contributed by atoms with Gasteiger partial charge in [0, 0.05) is 11.3 Å². The van der Waals surface area contributed by atoms with Gasteiger partial charge < -0.3 is 10.6 Å². The topological polar surface area (TPSA) is 41.1 Å². The Kier molecular flexibility index (Phi) is 6.40. The predicted octanol–water partition coefficient (Wildman–Crippen LogP) is 2.22. The summed E-state index contributed by atoms with van der Waals surface area (Å²) in [6.45, 7) is 4.24. The Hall–Kier alpha value is -1.000. The number of hydrogen-bond acceptors (Lipinski definition) is 3. The molecule has 110 valence electrons. The number of carbonyl (C=O) groups is 1. The van der Waals surface area contributed by atoms with Crippen LogP contribution in [0.15, 0.2) is 30.3 Å². The van der Waals surface area contributed by atoms with E-state index in [1.165, 1.54) is 18.4 Å². The van der Waals surface area contributed by atoms with Gasteiger partial charge >= 0.3 is 0 Å². The Morgan fingerprint density at radius 1 is 1.35 bits per heavy atom. The first-order chi connectivity index (χ1) is 9.74. The fourth-order valence-corrected chi connectivity index (χ4v) is 3.53. The molecule has 1 heterocycles. The average molecular weight is 292 g/mol. The average Bonchev–Trinajstić information content (AvgIpc) is 2.47. The summed E-state index contributed by atoms with van der Waals surface area (Å²) in [6, 6.07) is 10.5. The number of hydrogen-bond donors (Lipinski definition) is 2. The third-order valence-corrected chi connectivity index (χ3v) is 4.90. The molecule has 1 atom stereocenters. The molecule has 20 heavy (non-hydrogen) atoms. The van der Waals surface area contributed by atoms with Crippen molar-refractivity contribution < 1.29 is 4.79 Å². The van der Waals surface area contributed by atoms with E-state index < -0.39 is 0 Å². The molecular weight excluding hydrogens is 268 g/mol. The highest BCUT2D eigenvalue weighted by Gasteiger charge is 2.15. The largest absolute Gasteiger partial charge is 0.353 e. The molecule has 1 aromatic rings. The summed E-state index contributed by atoms with van der Waals surface area (Å²) in [6.07, 6.45) is 3.25. The summed E-state index contributed by atoms with van der Waals surface area (Å²) < 4.78 is 0. The highest BCUT2D eigenvalue weighted by molar-refractivity contribution is 8.00. The molecule has 2 rings (SSSR count). The molecule has 4 heteroatoms. The van der Waals surface area contributed by atoms with Gasteiger partial charge in [-0.2, -0.15) is 0 Å². The molecule has 1 fully saturated rings. The minimum Gasteiger partial charge on any atom is -0.353 e. The first-order valence-electron chi connectivity index (χ1n) is 7.39. The normalized spacial score (nSPS) is 17.6. The van der Waals surface area contributed by atoms with E-state index in [0.29, 0.717) is 11.0 Å². The Morgan fingerprint density at radius 2 is 2.05 bits per heavy atom. The molecule has 1 aromatic carbocycles. The zero-order chi connectivity index (χ0) is 14.2. The van der Waals surface area contributed by atoms with Crippen LogP contribution in [-0.4, -0.2) is 36.0 Å². The third-order valence-electron chi connectivity index (χ3n) is 3.53. The van der Waals surface area contributed by atoms with Crippen molar-refractivity contribution >= 4 is 17.7 Å². The fourth-order valence-electron chi connectivity index (χ4n) is 2.49. The maximum atomic E-state index is 11.9. The van der Waals surface area contributed by atoms with E-state index in [1.54, 1.807) is 11.8 Å². The van der Waals surface area contributed by atoms with E-state index in [2.05, 4.69) is 29.7 Å². The van der Waals surface area contributed by atoms with Crippen molar-refractivity contribution in [3.05, 3.63) is 35.9 Å². The van der Waals surface area contributed by atoms with Crippen molar-refractivity contribution in [2.75, 3.05) is 18.8 Å². The Morgan fingerprint density at radius 3 is 2.75 bits per heavy atom. The lowest BCUT2D eigenvalue weighted by molar-refractivity contribution is -0.119. The molecule has 1 unspecified atom stereocenters. The number of nitrogens with one attached hydrogen (secondary N) is 2. The smallest absolute Gasteiger partial charge is 0.230 e. The number of thioether (sulfide) groups is 1. The molecule has 0 saturated carbocycles. The van der Waals surface area contributed by atoms with E-state index in [9.17, 15) is 4.79 Å². The molecule has 0 bridgehead atoms. The summed E-state index contributed by atoms with van der Waals surface area (Å²) >= 11 is 1.80. The molecular formula is C16H24N2OS. The van der Waals surface area contributed by atoms with Crippen LogP contribution in [0, 0.1) is 0 Å². The van der Waals surface area contributed by atoms with E-state index in [1.807, 2.05) is 18.2 Å². The third kappa shape index (κ3) is 5.55. The van der Waals surface area contributed by atoms with Crippen LogP contribution < -0.4 is 10.6 Å². The van der Waals surface area contributed by atoms with Crippen molar-refractivity contribution in [1.29, 1.82) is 0 Å². The molecule has 3 nitrogen and oxygen atoms in total. The van der Waals surface area contributed by atoms with Crippen LogP contribution in [0.1, 0.15) is 25.3 Å². The summed E-state index contributed by atoms with van der Waals surface area (Å²) in [5, 5.41) is 7.09. The van der Waals surface area contributed by atoms with Gasteiger partial charge in [0.25, 0.3) is 0 Å². The highest BCUT2D eigenvalue weighted by atomic mass is 32.2. The van der Waals surface area contributed by atoms with Gasteiger partial charge in [-0.1, -0.05) is 30.3 Å². The van der Waals surface area contributed by atoms with Gasteiger partial charge in [0.1, 0.15) is 0 Å². The Labute approximate surface area is 125 Å². The lowest BCUT2D eigenvalue weighted by Gasteiger charge is -2.22. The highest BCUT2D eigenvalue weighted by Crippen LogP contribution is 2.19. The van der Waals surface area contributed by atoms with Gasteiger partial charge in [-0.25, -0.2) is 0 Å². The van der Waals surface area contributed by atoms with E-state index >= 15 is 0 Å². The van der Waals surface area contributed by atoms with Gasteiger partial charge in [-0.15, -0.1) is 11.8 Å². The minimum atomic E-state index is 0.164. The van der Waals surface area contributed by atoms with Crippen molar-refractivity contribution in [2.45, 2.75) is 37.5 Å². The van der Waals surface area contributed by atoms with Crippen LogP contribution >= 0.6 is 11.8 Å². The second kappa shape index (κ2) is 8.32. The Balaban J connectivity index is 1.65. The first-order valence-corrected chi connectivity index (χ1v) is 8.44. The van der Waals surface area contributed by atoms with Crippen LogP contribution in [0.2, 0.25) is 0 Å². The lowest BCUT2D eigenvalue weighted by Crippen LogP contribution is -2.36.